The maximum absolute atomic E-state index is 9.15. The Balaban J connectivity index is 2.30. The number of hydrogen-bond acceptors (Lipinski definition) is 2. The summed E-state index contributed by atoms with van der Waals surface area (Å²) in [5.74, 6) is 0.388. The van der Waals surface area contributed by atoms with E-state index in [-0.39, 0.29) is 0 Å². The Morgan fingerprint density at radius 3 is 2.89 bits per heavy atom. The number of ether oxygens (including phenoxy) is 1. The summed E-state index contributed by atoms with van der Waals surface area (Å²) in [4.78, 5) is 0. The molecular weight excluding hydrogens is 116 g/mol. The van der Waals surface area contributed by atoms with E-state index in [1.165, 1.54) is 0 Å². The molecule has 2 unspecified atom stereocenters. The van der Waals surface area contributed by atoms with Gasteiger partial charge in [-0.15, -0.1) is 0 Å². The molecule has 1 rings (SSSR count). The Kier molecular flexibility index (Phi) is 2.49. The van der Waals surface area contributed by atoms with Gasteiger partial charge in [-0.2, -0.15) is 0 Å². The first-order valence-corrected chi connectivity index (χ1v) is 3.64. The molecule has 0 aromatic heterocycles. The normalized spacial score (nSPS) is 36.7. The van der Waals surface area contributed by atoms with Crippen molar-refractivity contribution in [3.63, 3.8) is 0 Å². The van der Waals surface area contributed by atoms with Crippen LogP contribution in [0.3, 0.4) is 0 Å². The van der Waals surface area contributed by atoms with Crippen molar-refractivity contribution in [3.8, 4) is 0 Å². The van der Waals surface area contributed by atoms with Gasteiger partial charge in [0, 0.05) is 12.5 Å². The van der Waals surface area contributed by atoms with E-state index in [1.54, 1.807) is 0 Å². The Labute approximate surface area is 55.8 Å². The highest BCUT2D eigenvalue weighted by Crippen LogP contribution is 2.21. The van der Waals surface area contributed by atoms with Crippen LogP contribution in [-0.2, 0) is 4.74 Å². The third kappa shape index (κ3) is 1.66. The molecule has 0 saturated carbocycles. The van der Waals surface area contributed by atoms with E-state index >= 15 is 0 Å². The fourth-order valence-corrected chi connectivity index (χ4v) is 1.23. The molecule has 0 aromatic rings. The van der Waals surface area contributed by atoms with Gasteiger partial charge < -0.3 is 9.84 Å². The molecule has 1 aliphatic rings. The van der Waals surface area contributed by atoms with E-state index in [4.69, 9.17) is 9.84 Å². The average Bonchev–Trinajstić information content (AvgIpc) is 1.89. The lowest BCUT2D eigenvalue weighted by Gasteiger charge is -2.26. The van der Waals surface area contributed by atoms with E-state index in [9.17, 15) is 0 Å². The zero-order chi connectivity index (χ0) is 6.69. The van der Waals surface area contributed by atoms with Gasteiger partial charge in [0.05, 0.1) is 0 Å². The van der Waals surface area contributed by atoms with E-state index in [2.05, 4.69) is 6.92 Å². The lowest BCUT2D eigenvalue weighted by atomic mass is 9.98. The minimum Gasteiger partial charge on any atom is -0.368 e. The summed E-state index contributed by atoms with van der Waals surface area (Å²) >= 11 is 0. The number of hydrogen-bond donors (Lipinski definition) is 1. The van der Waals surface area contributed by atoms with Gasteiger partial charge in [-0.05, 0) is 19.3 Å². The van der Waals surface area contributed by atoms with Gasteiger partial charge in [0.15, 0.2) is 6.29 Å². The summed E-state index contributed by atoms with van der Waals surface area (Å²) in [5, 5.41) is 9.15. The summed E-state index contributed by atoms with van der Waals surface area (Å²) in [6.45, 7) is 2.82. The SMILES string of the molecule is CCC1CCCOC1O. The first kappa shape index (κ1) is 7.03. The van der Waals surface area contributed by atoms with E-state index in [0.717, 1.165) is 25.9 Å². The standard InChI is InChI=1S/C7H14O2/c1-2-6-4-3-5-9-7(6)8/h6-8H,2-5H2,1H3. The average molecular weight is 130 g/mol. The first-order chi connectivity index (χ1) is 4.34. The van der Waals surface area contributed by atoms with Crippen LogP contribution >= 0.6 is 0 Å². The molecule has 1 N–H and O–H groups in total. The molecule has 0 spiro atoms. The molecule has 0 bridgehead atoms. The Morgan fingerprint density at radius 1 is 1.67 bits per heavy atom. The van der Waals surface area contributed by atoms with Crippen molar-refractivity contribution in [2.45, 2.75) is 32.5 Å². The van der Waals surface area contributed by atoms with Crippen LogP contribution in [0, 0.1) is 5.92 Å². The van der Waals surface area contributed by atoms with Crippen molar-refractivity contribution >= 4 is 0 Å². The third-order valence-electron chi connectivity index (χ3n) is 1.94. The highest BCUT2D eigenvalue weighted by molar-refractivity contribution is 4.64. The van der Waals surface area contributed by atoms with E-state index in [1.807, 2.05) is 0 Å². The van der Waals surface area contributed by atoms with Crippen LogP contribution in [0.15, 0.2) is 0 Å². The quantitative estimate of drug-likeness (QED) is 0.576. The largest absolute Gasteiger partial charge is 0.368 e. The van der Waals surface area contributed by atoms with Gasteiger partial charge in [-0.1, -0.05) is 6.92 Å². The van der Waals surface area contributed by atoms with Crippen molar-refractivity contribution in [1.82, 2.24) is 0 Å². The second kappa shape index (κ2) is 3.18. The van der Waals surface area contributed by atoms with E-state index < -0.39 is 6.29 Å². The monoisotopic (exact) mass is 130 g/mol. The van der Waals surface area contributed by atoms with Crippen molar-refractivity contribution < 1.29 is 9.84 Å². The summed E-state index contributed by atoms with van der Waals surface area (Å²) in [6, 6.07) is 0. The minimum absolute atomic E-state index is 0.388. The molecule has 2 nitrogen and oxygen atoms in total. The lowest BCUT2D eigenvalue weighted by Crippen LogP contribution is -2.28. The molecule has 9 heavy (non-hydrogen) atoms. The molecule has 2 atom stereocenters. The van der Waals surface area contributed by atoms with Gasteiger partial charge in [0.2, 0.25) is 0 Å². The molecule has 0 aromatic carbocycles. The zero-order valence-electron chi connectivity index (χ0n) is 5.84. The lowest BCUT2D eigenvalue weighted by molar-refractivity contribution is -0.158. The first-order valence-electron chi connectivity index (χ1n) is 3.64. The van der Waals surface area contributed by atoms with Crippen molar-refractivity contribution in [2.75, 3.05) is 6.61 Å². The maximum atomic E-state index is 9.15. The van der Waals surface area contributed by atoms with Crippen LogP contribution in [0.5, 0.6) is 0 Å². The molecule has 0 aliphatic carbocycles. The van der Waals surface area contributed by atoms with Crippen molar-refractivity contribution in [2.24, 2.45) is 5.92 Å². The molecule has 54 valence electrons. The Hall–Kier alpha value is -0.0800. The Morgan fingerprint density at radius 2 is 2.44 bits per heavy atom. The summed E-state index contributed by atoms with van der Waals surface area (Å²) < 4.78 is 5.04. The van der Waals surface area contributed by atoms with Crippen LogP contribution < -0.4 is 0 Å². The van der Waals surface area contributed by atoms with Crippen LogP contribution in [-0.4, -0.2) is 18.0 Å². The maximum Gasteiger partial charge on any atom is 0.157 e. The highest BCUT2D eigenvalue weighted by Gasteiger charge is 2.21. The smallest absolute Gasteiger partial charge is 0.157 e. The van der Waals surface area contributed by atoms with Crippen molar-refractivity contribution in [3.05, 3.63) is 0 Å². The zero-order valence-corrected chi connectivity index (χ0v) is 5.84. The van der Waals surface area contributed by atoms with Gasteiger partial charge >= 0.3 is 0 Å². The Bertz CT molecular complexity index is 83.0. The summed E-state index contributed by atoms with van der Waals surface area (Å²) in [7, 11) is 0. The third-order valence-corrected chi connectivity index (χ3v) is 1.94. The molecule has 0 radical (unpaired) electrons. The fourth-order valence-electron chi connectivity index (χ4n) is 1.23. The van der Waals surface area contributed by atoms with Crippen molar-refractivity contribution in [1.29, 1.82) is 0 Å². The van der Waals surface area contributed by atoms with Crippen LogP contribution in [0.2, 0.25) is 0 Å². The molecular formula is C7H14O2. The molecule has 1 heterocycles. The molecule has 1 fully saturated rings. The molecule has 1 aliphatic heterocycles. The molecule has 1 saturated heterocycles. The molecule has 0 amide bonds. The van der Waals surface area contributed by atoms with Gasteiger partial charge in [0.25, 0.3) is 0 Å². The van der Waals surface area contributed by atoms with Crippen LogP contribution in [0.1, 0.15) is 26.2 Å². The number of aliphatic hydroxyl groups is 1. The topological polar surface area (TPSA) is 29.5 Å². The second-order valence-corrected chi connectivity index (χ2v) is 2.57. The predicted molar refractivity (Wildman–Crippen MR) is 35.0 cm³/mol. The predicted octanol–water partition coefficient (Wildman–Crippen LogP) is 1.14. The fraction of sp³-hybridized carbons (Fsp3) is 1.00. The number of rotatable bonds is 1. The van der Waals surface area contributed by atoms with Gasteiger partial charge in [-0.25, -0.2) is 0 Å². The van der Waals surface area contributed by atoms with Gasteiger partial charge in [0.1, 0.15) is 0 Å². The van der Waals surface area contributed by atoms with Crippen LogP contribution in [0.4, 0.5) is 0 Å². The number of aliphatic hydroxyl groups excluding tert-OH is 1. The summed E-state index contributed by atoms with van der Waals surface area (Å²) in [5.41, 5.74) is 0. The molecule has 2 heteroatoms. The minimum atomic E-state index is -0.483. The van der Waals surface area contributed by atoms with Gasteiger partial charge in [-0.3, -0.25) is 0 Å². The van der Waals surface area contributed by atoms with E-state index in [0.29, 0.717) is 5.92 Å². The summed E-state index contributed by atoms with van der Waals surface area (Å²) in [6.07, 6.45) is 2.78. The van der Waals surface area contributed by atoms with Crippen LogP contribution in [0.25, 0.3) is 0 Å². The highest BCUT2D eigenvalue weighted by atomic mass is 16.6. The second-order valence-electron chi connectivity index (χ2n) is 2.57.